The number of rotatable bonds is 3. The van der Waals surface area contributed by atoms with Gasteiger partial charge in [-0.1, -0.05) is 56.6 Å². The molecule has 0 spiro atoms. The number of ketones is 1. The number of amides is 2. The van der Waals surface area contributed by atoms with Gasteiger partial charge in [0.15, 0.2) is 5.78 Å². The zero-order chi connectivity index (χ0) is 23.2. The number of urea groups is 1. The summed E-state index contributed by atoms with van der Waals surface area (Å²) in [4.78, 5) is 25.3. The molecule has 1 aliphatic rings. The highest BCUT2D eigenvalue weighted by Crippen LogP contribution is 2.44. The second kappa shape index (κ2) is 7.84. The van der Waals surface area contributed by atoms with E-state index in [1.807, 2.05) is 20.8 Å². The maximum absolute atomic E-state index is 13.9. The zero-order valence-corrected chi connectivity index (χ0v) is 17.8. The van der Waals surface area contributed by atoms with Crippen molar-refractivity contribution in [3.8, 4) is 0 Å². The number of nitrogens with one attached hydrogen (secondary N) is 2. The number of halogens is 4. The number of hydrogen-bond acceptors (Lipinski definition) is 3. The monoisotopic (exact) mass is 454 g/mol. The molecule has 0 saturated carbocycles. The molecule has 9 heteroatoms. The molecule has 31 heavy (non-hydrogen) atoms. The predicted octanol–water partition coefficient (Wildman–Crippen LogP) is 4.74. The van der Waals surface area contributed by atoms with Gasteiger partial charge in [0.25, 0.3) is 0 Å². The summed E-state index contributed by atoms with van der Waals surface area (Å²) in [6.45, 7) is 5.93. The van der Waals surface area contributed by atoms with Crippen molar-refractivity contribution >= 4 is 23.4 Å². The first-order valence-corrected chi connectivity index (χ1v) is 9.90. The summed E-state index contributed by atoms with van der Waals surface area (Å²) in [6, 6.07) is 9.18. The van der Waals surface area contributed by atoms with Crippen LogP contribution in [0.1, 0.15) is 48.3 Å². The summed E-state index contributed by atoms with van der Waals surface area (Å²) < 4.78 is 41.8. The quantitative estimate of drug-likeness (QED) is 0.586. The summed E-state index contributed by atoms with van der Waals surface area (Å²) in [5.74, 6) is -3.07. The first-order valence-electron chi connectivity index (χ1n) is 9.52. The number of alkyl halides is 3. The second-order valence-electron chi connectivity index (χ2n) is 8.56. The second-order valence-corrected chi connectivity index (χ2v) is 9.00. The maximum atomic E-state index is 13.9. The number of benzene rings is 2. The van der Waals surface area contributed by atoms with E-state index in [1.54, 1.807) is 24.3 Å². The Kier molecular flexibility index (Phi) is 5.84. The molecule has 2 amide bonds. The van der Waals surface area contributed by atoms with Gasteiger partial charge in [-0.3, -0.25) is 4.79 Å². The molecule has 1 heterocycles. The molecule has 0 aromatic heterocycles. The smallest absolute Gasteiger partial charge is 0.363 e. The molecule has 2 aromatic carbocycles. The zero-order valence-electron chi connectivity index (χ0n) is 17.0. The average molecular weight is 455 g/mol. The highest BCUT2D eigenvalue weighted by atomic mass is 35.5. The lowest BCUT2D eigenvalue weighted by molar-refractivity contribution is -0.287. The first-order chi connectivity index (χ1) is 14.2. The molecular weight excluding hydrogens is 433 g/mol. The highest BCUT2D eigenvalue weighted by molar-refractivity contribution is 6.30. The molecule has 3 N–H and O–H groups in total. The van der Waals surface area contributed by atoms with Crippen molar-refractivity contribution in [1.29, 1.82) is 0 Å². The molecule has 0 radical (unpaired) electrons. The lowest BCUT2D eigenvalue weighted by Gasteiger charge is -2.45. The van der Waals surface area contributed by atoms with Crippen molar-refractivity contribution in [2.45, 2.75) is 44.1 Å². The van der Waals surface area contributed by atoms with Gasteiger partial charge < -0.3 is 15.7 Å². The minimum Gasteiger partial charge on any atom is -0.363 e. The van der Waals surface area contributed by atoms with Crippen LogP contribution >= 0.6 is 11.6 Å². The van der Waals surface area contributed by atoms with Crippen molar-refractivity contribution < 1.29 is 27.9 Å². The van der Waals surface area contributed by atoms with Gasteiger partial charge in [0.05, 0.1) is 6.04 Å². The fraction of sp³-hybridized carbons (Fsp3) is 0.364. The molecule has 0 unspecified atom stereocenters. The molecule has 0 bridgehead atoms. The topological polar surface area (TPSA) is 78.4 Å². The van der Waals surface area contributed by atoms with E-state index < -0.39 is 35.7 Å². The van der Waals surface area contributed by atoms with Crippen molar-refractivity contribution in [3.05, 3.63) is 70.2 Å². The maximum Gasteiger partial charge on any atom is 0.437 e. The minimum absolute atomic E-state index is 0.0775. The number of carbonyl (C=O) groups excluding carboxylic acids is 2. The number of carbonyl (C=O) groups is 2. The highest BCUT2D eigenvalue weighted by Gasteiger charge is 2.66. The van der Waals surface area contributed by atoms with Crippen LogP contribution < -0.4 is 10.6 Å². The summed E-state index contributed by atoms with van der Waals surface area (Å²) in [5, 5.41) is 14.8. The molecule has 3 atom stereocenters. The molecule has 1 saturated heterocycles. The van der Waals surface area contributed by atoms with Gasteiger partial charge in [-0.05, 0) is 40.8 Å². The van der Waals surface area contributed by atoms with Gasteiger partial charge in [0.1, 0.15) is 5.92 Å². The van der Waals surface area contributed by atoms with Crippen LogP contribution in [0.25, 0.3) is 0 Å². The summed E-state index contributed by atoms with van der Waals surface area (Å²) in [5.41, 5.74) is -2.87. The van der Waals surface area contributed by atoms with E-state index >= 15 is 0 Å². The third-order valence-corrected chi connectivity index (χ3v) is 5.61. The molecule has 1 aliphatic heterocycles. The van der Waals surface area contributed by atoms with Gasteiger partial charge in [-0.2, -0.15) is 13.2 Å². The molecule has 2 aromatic rings. The summed E-state index contributed by atoms with van der Waals surface area (Å²) >= 11 is 5.82. The van der Waals surface area contributed by atoms with Crippen molar-refractivity contribution in [3.63, 3.8) is 0 Å². The van der Waals surface area contributed by atoms with Crippen LogP contribution in [0.2, 0.25) is 5.02 Å². The molecule has 0 aliphatic carbocycles. The van der Waals surface area contributed by atoms with E-state index in [9.17, 15) is 27.9 Å². The summed E-state index contributed by atoms with van der Waals surface area (Å²) in [6.07, 6.45) is -5.30. The van der Waals surface area contributed by atoms with Crippen LogP contribution in [0.5, 0.6) is 0 Å². The molecule has 3 rings (SSSR count). The third-order valence-electron chi connectivity index (χ3n) is 5.35. The molecule has 5 nitrogen and oxygen atoms in total. The van der Waals surface area contributed by atoms with Crippen LogP contribution in [0.3, 0.4) is 0 Å². The summed E-state index contributed by atoms with van der Waals surface area (Å²) in [7, 11) is 0. The lowest BCUT2D eigenvalue weighted by atomic mass is 9.76. The number of Topliss-reactive ketones (excluding diaryl/α,β-unsaturated/α-hetero) is 1. The van der Waals surface area contributed by atoms with Crippen LogP contribution in [0.15, 0.2) is 48.5 Å². The lowest BCUT2D eigenvalue weighted by Crippen LogP contribution is -2.72. The van der Waals surface area contributed by atoms with Gasteiger partial charge >= 0.3 is 12.2 Å². The molecule has 166 valence electrons. The Morgan fingerprint density at radius 1 is 1.03 bits per heavy atom. The van der Waals surface area contributed by atoms with Crippen LogP contribution in [-0.4, -0.2) is 28.8 Å². The number of hydrogen-bond donors (Lipinski definition) is 3. The average Bonchev–Trinajstić information content (AvgIpc) is 2.66. The Labute approximate surface area is 182 Å². The van der Waals surface area contributed by atoms with Crippen molar-refractivity contribution in [2.75, 3.05) is 0 Å². The Hall–Kier alpha value is -2.58. The van der Waals surface area contributed by atoms with Crippen molar-refractivity contribution in [1.82, 2.24) is 10.6 Å². The van der Waals surface area contributed by atoms with E-state index in [1.165, 1.54) is 29.6 Å². The minimum atomic E-state index is -5.30. The van der Waals surface area contributed by atoms with Gasteiger partial charge in [0, 0.05) is 10.6 Å². The Morgan fingerprint density at radius 3 is 2.06 bits per heavy atom. The van der Waals surface area contributed by atoms with E-state index in [0.29, 0.717) is 5.02 Å². The first kappa shape index (κ1) is 23.1. The van der Waals surface area contributed by atoms with Gasteiger partial charge in [-0.25, -0.2) is 4.79 Å². The normalized spacial score (nSPS) is 24.3. The molecular formula is C22H22ClF3N2O3. The fourth-order valence-corrected chi connectivity index (χ4v) is 3.73. The largest absolute Gasteiger partial charge is 0.437 e. The van der Waals surface area contributed by atoms with Gasteiger partial charge in [-0.15, -0.1) is 0 Å². The van der Waals surface area contributed by atoms with E-state index in [0.717, 1.165) is 5.56 Å². The fourth-order valence-electron chi connectivity index (χ4n) is 3.60. The SMILES string of the molecule is CC(C)(C)c1ccc([C@H]2NC(=O)N[C@](O)(C(F)(F)F)[C@@H]2C(=O)c2ccc(Cl)cc2)cc1. The van der Waals surface area contributed by atoms with E-state index in [4.69, 9.17) is 11.6 Å². The van der Waals surface area contributed by atoms with E-state index in [-0.39, 0.29) is 16.5 Å². The molecule has 1 fully saturated rings. The van der Waals surface area contributed by atoms with Crippen LogP contribution in [-0.2, 0) is 5.41 Å². The number of aliphatic hydroxyl groups is 1. The van der Waals surface area contributed by atoms with Crippen molar-refractivity contribution in [2.24, 2.45) is 5.92 Å². The Bertz CT molecular complexity index is 985. The van der Waals surface area contributed by atoms with Gasteiger partial charge in [0.2, 0.25) is 5.72 Å². The third kappa shape index (κ3) is 4.41. The predicted molar refractivity (Wildman–Crippen MR) is 110 cm³/mol. The van der Waals surface area contributed by atoms with Crippen LogP contribution in [0, 0.1) is 5.92 Å². The standard InChI is InChI=1S/C22H22ClF3N2O3/c1-20(2,3)14-8-4-12(5-9-14)17-16(18(29)13-6-10-15(23)11-7-13)21(31,22(24,25)26)28-19(30)27-17/h4-11,16-17,31H,1-3H3,(H2,27,28,30)/t16-,17+,21+/m0/s1. The van der Waals surface area contributed by atoms with E-state index in [2.05, 4.69) is 5.32 Å². The Balaban J connectivity index is 2.13. The van der Waals surface area contributed by atoms with Crippen LogP contribution in [0.4, 0.5) is 18.0 Å². The Morgan fingerprint density at radius 2 is 1.58 bits per heavy atom.